The first kappa shape index (κ1) is 16.9. The minimum atomic E-state index is -0.760. The number of nitrogens with one attached hydrogen (secondary N) is 2. The van der Waals surface area contributed by atoms with Gasteiger partial charge in [0.1, 0.15) is 5.69 Å². The van der Waals surface area contributed by atoms with Crippen LogP contribution in [0.25, 0.3) is 11.0 Å². The molecular weight excluding hydrogens is 342 g/mol. The number of aromatic amines is 1. The summed E-state index contributed by atoms with van der Waals surface area (Å²) < 4.78 is 0. The molecule has 25 heavy (non-hydrogen) atoms. The molecule has 0 atom stereocenters. The van der Waals surface area contributed by atoms with Crippen LogP contribution >= 0.6 is 11.6 Å². The Labute approximate surface area is 147 Å². The highest BCUT2D eigenvalue weighted by atomic mass is 35.5. The zero-order chi connectivity index (χ0) is 17.8. The number of nitrogens with zero attached hydrogens (tertiary/aromatic N) is 1. The summed E-state index contributed by atoms with van der Waals surface area (Å²) in [4.78, 5) is 42.8. The summed E-state index contributed by atoms with van der Waals surface area (Å²) in [6.07, 6.45) is -0.355. The topological polar surface area (TPSA) is 91.9 Å². The standard InChI is InChI=1S/C18H14ClN3O3/c19-12-7-5-11(6-8-12)10-20-18(25)16(23)9-15-17(24)22-14-4-2-1-3-13(14)21-15/h1-8H,9-10H2,(H,20,25)(H,22,24). The molecule has 0 aliphatic rings. The molecule has 0 aliphatic carbocycles. The molecule has 1 aromatic heterocycles. The van der Waals surface area contributed by atoms with Crippen molar-refractivity contribution >= 4 is 34.3 Å². The van der Waals surface area contributed by atoms with Gasteiger partial charge in [0.05, 0.1) is 17.5 Å². The number of aromatic nitrogens is 2. The predicted octanol–water partition coefficient (Wildman–Crippen LogP) is 2.00. The lowest BCUT2D eigenvalue weighted by atomic mass is 10.2. The van der Waals surface area contributed by atoms with Gasteiger partial charge in [-0.3, -0.25) is 14.4 Å². The van der Waals surface area contributed by atoms with Crippen molar-refractivity contribution in [3.05, 3.63) is 75.2 Å². The summed E-state index contributed by atoms with van der Waals surface area (Å²) in [6, 6.07) is 13.9. The van der Waals surface area contributed by atoms with Gasteiger partial charge < -0.3 is 10.3 Å². The van der Waals surface area contributed by atoms with Crippen LogP contribution in [0.2, 0.25) is 5.02 Å². The molecule has 0 spiro atoms. The molecule has 0 fully saturated rings. The van der Waals surface area contributed by atoms with Crippen LogP contribution in [0.1, 0.15) is 11.3 Å². The van der Waals surface area contributed by atoms with Crippen molar-refractivity contribution in [2.45, 2.75) is 13.0 Å². The zero-order valence-electron chi connectivity index (χ0n) is 13.1. The monoisotopic (exact) mass is 355 g/mol. The Balaban J connectivity index is 1.67. The Morgan fingerprint density at radius 2 is 1.80 bits per heavy atom. The van der Waals surface area contributed by atoms with Gasteiger partial charge in [-0.15, -0.1) is 0 Å². The molecule has 3 aromatic rings. The summed E-state index contributed by atoms with van der Waals surface area (Å²) in [5, 5.41) is 3.11. The number of Topliss-reactive ketones (excluding diaryl/α,β-unsaturated/α-hetero) is 1. The van der Waals surface area contributed by atoms with Crippen molar-refractivity contribution in [2.24, 2.45) is 0 Å². The number of rotatable bonds is 5. The second-order valence-electron chi connectivity index (χ2n) is 5.44. The van der Waals surface area contributed by atoms with Crippen LogP contribution in [0.5, 0.6) is 0 Å². The molecule has 1 amide bonds. The van der Waals surface area contributed by atoms with Gasteiger partial charge in [0.15, 0.2) is 0 Å². The first-order chi connectivity index (χ1) is 12.0. The largest absolute Gasteiger partial charge is 0.345 e. The van der Waals surface area contributed by atoms with E-state index in [-0.39, 0.29) is 18.7 Å². The zero-order valence-corrected chi connectivity index (χ0v) is 13.8. The fourth-order valence-corrected chi connectivity index (χ4v) is 2.43. The number of halogens is 1. The van der Waals surface area contributed by atoms with E-state index in [1.165, 1.54) is 0 Å². The van der Waals surface area contributed by atoms with Gasteiger partial charge >= 0.3 is 0 Å². The maximum absolute atomic E-state index is 12.1. The molecule has 0 saturated heterocycles. The minimum absolute atomic E-state index is 0.0188. The van der Waals surface area contributed by atoms with E-state index in [0.29, 0.717) is 16.1 Å². The average molecular weight is 356 g/mol. The van der Waals surface area contributed by atoms with Gasteiger partial charge in [0.25, 0.3) is 11.5 Å². The number of ketones is 1. The van der Waals surface area contributed by atoms with Crippen LogP contribution in [0, 0.1) is 0 Å². The molecule has 0 saturated carbocycles. The maximum Gasteiger partial charge on any atom is 0.288 e. The van der Waals surface area contributed by atoms with Gasteiger partial charge in [-0.2, -0.15) is 0 Å². The lowest BCUT2D eigenvalue weighted by molar-refractivity contribution is -0.137. The van der Waals surface area contributed by atoms with Gasteiger partial charge in [-0.25, -0.2) is 4.98 Å². The van der Waals surface area contributed by atoms with E-state index < -0.39 is 17.2 Å². The SMILES string of the molecule is O=C(Cc1nc2ccccc2[nH]c1=O)C(=O)NCc1ccc(Cl)cc1. The summed E-state index contributed by atoms with van der Waals surface area (Å²) in [5.41, 5.74) is 1.50. The Morgan fingerprint density at radius 3 is 2.56 bits per heavy atom. The summed E-state index contributed by atoms with van der Waals surface area (Å²) in [7, 11) is 0. The molecule has 7 heteroatoms. The van der Waals surface area contributed by atoms with Crippen LogP contribution in [0.15, 0.2) is 53.3 Å². The highest BCUT2D eigenvalue weighted by Gasteiger charge is 2.17. The smallest absolute Gasteiger partial charge is 0.288 e. The predicted molar refractivity (Wildman–Crippen MR) is 94.4 cm³/mol. The summed E-state index contributed by atoms with van der Waals surface area (Å²) >= 11 is 5.79. The van der Waals surface area contributed by atoms with Crippen LogP contribution in [-0.2, 0) is 22.6 Å². The molecule has 0 radical (unpaired) electrons. The highest BCUT2D eigenvalue weighted by Crippen LogP contribution is 2.09. The van der Waals surface area contributed by atoms with E-state index in [9.17, 15) is 14.4 Å². The Bertz CT molecular complexity index is 996. The molecule has 6 nitrogen and oxygen atoms in total. The van der Waals surface area contributed by atoms with Crippen LogP contribution < -0.4 is 10.9 Å². The molecule has 126 valence electrons. The van der Waals surface area contributed by atoms with Crippen molar-refractivity contribution < 1.29 is 9.59 Å². The Hall–Kier alpha value is -2.99. The Kier molecular flexibility index (Phi) is 4.90. The quantitative estimate of drug-likeness (QED) is 0.685. The number of hydrogen-bond donors (Lipinski definition) is 2. The molecule has 0 aliphatic heterocycles. The fraction of sp³-hybridized carbons (Fsp3) is 0.111. The maximum atomic E-state index is 12.1. The lowest BCUT2D eigenvalue weighted by Gasteiger charge is -2.05. The van der Waals surface area contributed by atoms with Crippen molar-refractivity contribution in [1.82, 2.24) is 15.3 Å². The highest BCUT2D eigenvalue weighted by molar-refractivity contribution is 6.36. The molecule has 0 unspecified atom stereocenters. The number of carbonyl (C=O) groups excluding carboxylic acids is 2. The molecule has 2 aromatic carbocycles. The van der Waals surface area contributed by atoms with Crippen LogP contribution in [0.4, 0.5) is 0 Å². The van der Waals surface area contributed by atoms with Crippen molar-refractivity contribution in [2.75, 3.05) is 0 Å². The molecule has 2 N–H and O–H groups in total. The molecule has 1 heterocycles. The molecule has 0 bridgehead atoms. The number of fused-ring (bicyclic) bond motifs is 1. The fourth-order valence-electron chi connectivity index (χ4n) is 2.30. The molecule has 3 rings (SSSR count). The van der Waals surface area contributed by atoms with E-state index in [2.05, 4.69) is 15.3 Å². The third kappa shape index (κ3) is 4.10. The van der Waals surface area contributed by atoms with Gasteiger partial charge in [-0.1, -0.05) is 35.9 Å². The third-order valence-electron chi connectivity index (χ3n) is 3.62. The van der Waals surface area contributed by atoms with Crippen molar-refractivity contribution in [3.63, 3.8) is 0 Å². The normalized spacial score (nSPS) is 10.6. The minimum Gasteiger partial charge on any atom is -0.345 e. The van der Waals surface area contributed by atoms with Gasteiger partial charge in [-0.05, 0) is 29.8 Å². The summed E-state index contributed by atoms with van der Waals surface area (Å²) in [6.45, 7) is 0.198. The molecular formula is C18H14ClN3O3. The summed E-state index contributed by atoms with van der Waals surface area (Å²) in [5.74, 6) is -1.48. The number of amides is 1. The van der Waals surface area contributed by atoms with E-state index in [4.69, 9.17) is 11.6 Å². The second-order valence-corrected chi connectivity index (χ2v) is 5.88. The number of benzene rings is 2. The van der Waals surface area contributed by atoms with E-state index >= 15 is 0 Å². The van der Waals surface area contributed by atoms with Gasteiger partial charge in [0, 0.05) is 11.6 Å². The number of H-pyrrole nitrogens is 1. The number of para-hydroxylation sites is 2. The second kappa shape index (κ2) is 7.27. The lowest BCUT2D eigenvalue weighted by Crippen LogP contribution is -2.33. The van der Waals surface area contributed by atoms with Crippen LogP contribution in [0.3, 0.4) is 0 Å². The van der Waals surface area contributed by atoms with E-state index in [0.717, 1.165) is 5.56 Å². The third-order valence-corrected chi connectivity index (χ3v) is 3.87. The van der Waals surface area contributed by atoms with E-state index in [1.54, 1.807) is 48.5 Å². The van der Waals surface area contributed by atoms with E-state index in [1.807, 2.05) is 0 Å². The Morgan fingerprint density at radius 1 is 1.08 bits per heavy atom. The van der Waals surface area contributed by atoms with Crippen molar-refractivity contribution in [3.8, 4) is 0 Å². The number of carbonyl (C=O) groups is 2. The average Bonchev–Trinajstić information content (AvgIpc) is 2.61. The first-order valence-corrected chi connectivity index (χ1v) is 7.94. The van der Waals surface area contributed by atoms with Crippen LogP contribution in [-0.4, -0.2) is 21.7 Å². The van der Waals surface area contributed by atoms with Crippen molar-refractivity contribution in [1.29, 1.82) is 0 Å². The number of hydrogen-bond acceptors (Lipinski definition) is 4. The first-order valence-electron chi connectivity index (χ1n) is 7.56. The van der Waals surface area contributed by atoms with Gasteiger partial charge in [0.2, 0.25) is 5.78 Å².